The van der Waals surface area contributed by atoms with Crippen molar-refractivity contribution in [1.29, 1.82) is 0 Å². The van der Waals surface area contributed by atoms with Crippen LogP contribution in [0.15, 0.2) is 59.2 Å². The molecule has 1 amide bonds. The van der Waals surface area contributed by atoms with Gasteiger partial charge in [0, 0.05) is 17.3 Å². The van der Waals surface area contributed by atoms with Crippen molar-refractivity contribution >= 4 is 11.6 Å². The van der Waals surface area contributed by atoms with Gasteiger partial charge in [-0.2, -0.15) is 0 Å². The molecule has 6 nitrogen and oxygen atoms in total. The summed E-state index contributed by atoms with van der Waals surface area (Å²) < 4.78 is 16.4. The second kappa shape index (κ2) is 6.68. The molecule has 6 heteroatoms. The van der Waals surface area contributed by atoms with Crippen LogP contribution in [-0.4, -0.2) is 24.1 Å². The van der Waals surface area contributed by atoms with E-state index in [1.54, 1.807) is 18.2 Å². The number of nitrogens with one attached hydrogen (secondary N) is 1. The molecule has 0 saturated heterocycles. The van der Waals surface area contributed by atoms with Gasteiger partial charge in [0.25, 0.3) is 0 Å². The fraction of sp³-hybridized carbons (Fsp3) is 0.158. The van der Waals surface area contributed by atoms with Gasteiger partial charge >= 0.3 is 0 Å². The van der Waals surface area contributed by atoms with Crippen molar-refractivity contribution in [3.63, 3.8) is 0 Å². The topological polar surface area (TPSA) is 73.6 Å². The first kappa shape index (κ1) is 15.3. The smallest absolute Gasteiger partial charge is 0.230 e. The maximum Gasteiger partial charge on any atom is 0.230 e. The third-order valence-electron chi connectivity index (χ3n) is 3.74. The lowest BCUT2D eigenvalue weighted by Crippen LogP contribution is -2.17. The molecule has 0 saturated carbocycles. The van der Waals surface area contributed by atoms with E-state index < -0.39 is 0 Å². The maximum atomic E-state index is 12.2. The summed E-state index contributed by atoms with van der Waals surface area (Å²) in [6, 6.07) is 14.9. The first-order valence-corrected chi connectivity index (χ1v) is 7.97. The number of anilines is 1. The van der Waals surface area contributed by atoms with E-state index in [-0.39, 0.29) is 12.3 Å². The lowest BCUT2D eigenvalue weighted by atomic mass is 10.2. The highest BCUT2D eigenvalue weighted by atomic mass is 16.6. The molecule has 4 rings (SSSR count). The van der Waals surface area contributed by atoms with Crippen LogP contribution in [0, 0.1) is 0 Å². The highest BCUT2D eigenvalue weighted by Gasteiger charge is 2.14. The number of nitrogens with zero attached hydrogens (tertiary/aromatic N) is 1. The van der Waals surface area contributed by atoms with Crippen LogP contribution in [0.3, 0.4) is 0 Å². The lowest BCUT2D eigenvalue weighted by Gasteiger charge is -2.18. The zero-order chi connectivity index (χ0) is 17.1. The lowest BCUT2D eigenvalue weighted by molar-refractivity contribution is -0.115. The minimum absolute atomic E-state index is 0.130. The van der Waals surface area contributed by atoms with E-state index in [1.807, 2.05) is 30.3 Å². The minimum atomic E-state index is -0.176. The highest BCUT2D eigenvalue weighted by Crippen LogP contribution is 2.32. The molecule has 1 aliphatic heterocycles. The van der Waals surface area contributed by atoms with Gasteiger partial charge in [-0.15, -0.1) is 0 Å². The van der Waals surface area contributed by atoms with Gasteiger partial charge in [0.05, 0.1) is 12.1 Å². The largest absolute Gasteiger partial charge is 0.486 e. The summed E-state index contributed by atoms with van der Waals surface area (Å²) in [5, 5.41) is 2.83. The first-order valence-electron chi connectivity index (χ1n) is 7.97. The van der Waals surface area contributed by atoms with Crippen molar-refractivity contribution in [3.05, 3.63) is 60.5 Å². The highest BCUT2D eigenvalue weighted by molar-refractivity contribution is 5.92. The van der Waals surface area contributed by atoms with Crippen molar-refractivity contribution in [2.24, 2.45) is 0 Å². The molecule has 1 aliphatic rings. The summed E-state index contributed by atoms with van der Waals surface area (Å²) in [4.78, 5) is 16.6. The molecule has 1 N–H and O–H groups in total. The zero-order valence-electron chi connectivity index (χ0n) is 13.4. The van der Waals surface area contributed by atoms with Crippen molar-refractivity contribution in [2.45, 2.75) is 6.42 Å². The Kier molecular flexibility index (Phi) is 4.08. The van der Waals surface area contributed by atoms with Crippen LogP contribution in [0.2, 0.25) is 0 Å². The van der Waals surface area contributed by atoms with Gasteiger partial charge in [0.2, 0.25) is 11.8 Å². The summed E-state index contributed by atoms with van der Waals surface area (Å²) in [6.07, 6.45) is 1.64. The Morgan fingerprint density at radius 2 is 1.84 bits per heavy atom. The number of hydrogen-bond donors (Lipinski definition) is 1. The molecular formula is C19H16N2O4. The van der Waals surface area contributed by atoms with Gasteiger partial charge in [-0.3, -0.25) is 4.79 Å². The monoisotopic (exact) mass is 336 g/mol. The fourth-order valence-corrected chi connectivity index (χ4v) is 2.59. The Morgan fingerprint density at radius 1 is 1.04 bits per heavy atom. The van der Waals surface area contributed by atoms with Gasteiger partial charge < -0.3 is 19.2 Å². The molecule has 3 aromatic rings. The van der Waals surface area contributed by atoms with Crippen molar-refractivity contribution in [1.82, 2.24) is 4.98 Å². The molecule has 2 aromatic carbocycles. The van der Waals surface area contributed by atoms with Crippen LogP contribution in [-0.2, 0) is 11.2 Å². The quantitative estimate of drug-likeness (QED) is 0.791. The van der Waals surface area contributed by atoms with Crippen LogP contribution in [0.4, 0.5) is 5.69 Å². The van der Waals surface area contributed by atoms with Crippen LogP contribution >= 0.6 is 0 Å². The van der Waals surface area contributed by atoms with E-state index in [1.165, 1.54) is 6.26 Å². The molecule has 0 unspecified atom stereocenters. The van der Waals surface area contributed by atoms with Crippen LogP contribution in [0.25, 0.3) is 11.5 Å². The van der Waals surface area contributed by atoms with Crippen LogP contribution < -0.4 is 14.8 Å². The Morgan fingerprint density at radius 3 is 2.68 bits per heavy atom. The predicted octanol–water partition coefficient (Wildman–Crippen LogP) is 3.29. The summed E-state index contributed by atoms with van der Waals surface area (Å²) in [7, 11) is 0. The number of ether oxygens (including phenoxy) is 2. The average Bonchev–Trinajstić information content (AvgIpc) is 3.10. The molecule has 126 valence electrons. The molecule has 0 atom stereocenters. The molecular weight excluding hydrogens is 320 g/mol. The van der Waals surface area contributed by atoms with E-state index >= 15 is 0 Å². The van der Waals surface area contributed by atoms with E-state index in [0.717, 1.165) is 5.56 Å². The summed E-state index contributed by atoms with van der Waals surface area (Å²) in [5.74, 6) is 1.65. The minimum Gasteiger partial charge on any atom is -0.486 e. The number of carbonyl (C=O) groups excluding carboxylic acids is 1. The zero-order valence-corrected chi connectivity index (χ0v) is 13.4. The van der Waals surface area contributed by atoms with Crippen LogP contribution in [0.5, 0.6) is 11.5 Å². The van der Waals surface area contributed by atoms with Crippen molar-refractivity contribution < 1.29 is 18.7 Å². The molecule has 0 fully saturated rings. The number of benzene rings is 2. The Bertz CT molecular complexity index is 889. The van der Waals surface area contributed by atoms with Crippen molar-refractivity contribution in [2.75, 3.05) is 18.5 Å². The molecule has 1 aromatic heterocycles. The summed E-state index contributed by atoms with van der Waals surface area (Å²) in [6.45, 7) is 1.04. The fourth-order valence-electron chi connectivity index (χ4n) is 2.59. The standard InChI is InChI=1S/C19H16N2O4/c22-18(20-14-6-7-16-17(10-14)24-9-8-23-16)11-15-12-25-19(21-15)13-4-2-1-3-5-13/h1-7,10,12H,8-9,11H2,(H,20,22). The van der Waals surface area contributed by atoms with Crippen molar-refractivity contribution in [3.8, 4) is 23.0 Å². The first-order chi connectivity index (χ1) is 12.3. The van der Waals surface area contributed by atoms with E-state index in [4.69, 9.17) is 13.9 Å². The Hall–Kier alpha value is -3.28. The second-order valence-corrected chi connectivity index (χ2v) is 5.59. The number of rotatable bonds is 4. The van der Waals surface area contributed by atoms with E-state index in [2.05, 4.69) is 10.3 Å². The molecule has 0 aliphatic carbocycles. The van der Waals surface area contributed by atoms with E-state index in [0.29, 0.717) is 42.0 Å². The number of fused-ring (bicyclic) bond motifs is 1. The van der Waals surface area contributed by atoms with Gasteiger partial charge in [-0.05, 0) is 24.3 Å². The van der Waals surface area contributed by atoms with Gasteiger partial charge in [-0.1, -0.05) is 18.2 Å². The number of aromatic nitrogens is 1. The SMILES string of the molecule is O=C(Cc1coc(-c2ccccc2)n1)Nc1ccc2c(c1)OCCO2. The molecule has 0 bridgehead atoms. The van der Waals surface area contributed by atoms with Gasteiger partial charge in [0.15, 0.2) is 11.5 Å². The Labute approximate surface area is 144 Å². The Balaban J connectivity index is 1.42. The maximum absolute atomic E-state index is 12.2. The molecule has 0 spiro atoms. The normalized spacial score (nSPS) is 12.6. The summed E-state index contributed by atoms with van der Waals surface area (Å²) in [5.41, 5.74) is 2.11. The third-order valence-corrected chi connectivity index (χ3v) is 3.74. The molecule has 25 heavy (non-hydrogen) atoms. The van der Waals surface area contributed by atoms with Gasteiger partial charge in [-0.25, -0.2) is 4.98 Å². The second-order valence-electron chi connectivity index (χ2n) is 5.59. The van der Waals surface area contributed by atoms with E-state index in [9.17, 15) is 4.79 Å². The predicted molar refractivity (Wildman–Crippen MR) is 91.7 cm³/mol. The number of carbonyl (C=O) groups is 1. The van der Waals surface area contributed by atoms with Gasteiger partial charge in [0.1, 0.15) is 19.5 Å². The molecule has 2 heterocycles. The number of hydrogen-bond acceptors (Lipinski definition) is 5. The third kappa shape index (κ3) is 3.47. The number of oxazole rings is 1. The number of amides is 1. The molecule has 0 radical (unpaired) electrons. The van der Waals surface area contributed by atoms with Crippen LogP contribution in [0.1, 0.15) is 5.69 Å². The average molecular weight is 336 g/mol. The summed E-state index contributed by atoms with van der Waals surface area (Å²) >= 11 is 0.